The highest BCUT2D eigenvalue weighted by atomic mass is 32.2. The van der Waals surface area contributed by atoms with Crippen LogP contribution in [0.3, 0.4) is 0 Å². The fourth-order valence-electron chi connectivity index (χ4n) is 3.17. The van der Waals surface area contributed by atoms with Crippen LogP contribution in [0, 0.1) is 34.6 Å². The smallest absolute Gasteiger partial charge is 0.236 e. The summed E-state index contributed by atoms with van der Waals surface area (Å²) in [7, 11) is 0. The molecule has 0 bridgehead atoms. The van der Waals surface area contributed by atoms with Crippen LogP contribution in [0.2, 0.25) is 0 Å². The molecule has 6 nitrogen and oxygen atoms in total. The largest absolute Gasteiger partial charge is 0.301 e. The van der Waals surface area contributed by atoms with Gasteiger partial charge in [-0.3, -0.25) is 9.20 Å². The zero-order valence-electron chi connectivity index (χ0n) is 16.5. The van der Waals surface area contributed by atoms with Gasteiger partial charge in [0, 0.05) is 4.88 Å². The minimum Gasteiger partial charge on any atom is -0.301 e. The van der Waals surface area contributed by atoms with Gasteiger partial charge in [-0.05, 0) is 62.8 Å². The van der Waals surface area contributed by atoms with Crippen molar-refractivity contribution in [2.24, 2.45) is 0 Å². The van der Waals surface area contributed by atoms with Crippen LogP contribution in [0.4, 0.5) is 5.13 Å². The fraction of sp³-hybridized carbons (Fsp3) is 0.300. The normalized spacial score (nSPS) is 11.5. The number of aromatic nitrogens is 4. The SMILES string of the molecule is Cc1ccc2cc(C)c3nnc(SCC(=O)Nc4nc(C)c(C)s4)n3c2c1C. The zero-order valence-corrected chi connectivity index (χ0v) is 18.1. The molecule has 1 amide bonds. The summed E-state index contributed by atoms with van der Waals surface area (Å²) in [6.45, 7) is 10.2. The van der Waals surface area contributed by atoms with Gasteiger partial charge in [0.1, 0.15) is 0 Å². The third kappa shape index (κ3) is 3.27. The molecule has 0 atom stereocenters. The summed E-state index contributed by atoms with van der Waals surface area (Å²) in [4.78, 5) is 17.9. The number of hydrogen-bond donors (Lipinski definition) is 1. The molecule has 4 rings (SSSR count). The molecule has 0 aliphatic heterocycles. The summed E-state index contributed by atoms with van der Waals surface area (Å²) in [6, 6.07) is 6.39. The van der Waals surface area contributed by atoms with Crippen molar-refractivity contribution in [2.75, 3.05) is 11.1 Å². The molecule has 4 aromatic rings. The third-order valence-corrected chi connectivity index (χ3v) is 6.84. The Bertz CT molecular complexity index is 1210. The van der Waals surface area contributed by atoms with Crippen LogP contribution in [0.15, 0.2) is 23.4 Å². The molecule has 0 radical (unpaired) electrons. The van der Waals surface area contributed by atoms with Gasteiger partial charge in [-0.25, -0.2) is 4.98 Å². The van der Waals surface area contributed by atoms with Crippen LogP contribution in [-0.4, -0.2) is 31.2 Å². The Kier molecular flexibility index (Phi) is 4.84. The quantitative estimate of drug-likeness (QED) is 0.497. The molecule has 0 aliphatic carbocycles. The van der Waals surface area contributed by atoms with E-state index in [0.29, 0.717) is 5.13 Å². The highest BCUT2D eigenvalue weighted by Crippen LogP contribution is 2.29. The van der Waals surface area contributed by atoms with Crippen molar-refractivity contribution in [1.29, 1.82) is 0 Å². The summed E-state index contributed by atoms with van der Waals surface area (Å²) >= 11 is 2.88. The average Bonchev–Trinajstić information content (AvgIpc) is 3.20. The molecule has 0 fully saturated rings. The van der Waals surface area contributed by atoms with Gasteiger partial charge < -0.3 is 5.32 Å². The van der Waals surface area contributed by atoms with Gasteiger partial charge in [-0.15, -0.1) is 21.5 Å². The van der Waals surface area contributed by atoms with E-state index in [4.69, 9.17) is 0 Å². The van der Waals surface area contributed by atoms with Crippen LogP contribution in [-0.2, 0) is 4.79 Å². The van der Waals surface area contributed by atoms with E-state index < -0.39 is 0 Å². The molecule has 8 heteroatoms. The van der Waals surface area contributed by atoms with Crippen LogP contribution < -0.4 is 5.32 Å². The lowest BCUT2D eigenvalue weighted by atomic mass is 10.0. The second kappa shape index (κ2) is 7.18. The molecule has 3 heterocycles. The number of amides is 1. The number of thiazole rings is 1. The second-order valence-electron chi connectivity index (χ2n) is 6.91. The Hall–Kier alpha value is -2.45. The Labute approximate surface area is 171 Å². The Balaban J connectivity index is 1.65. The maximum Gasteiger partial charge on any atom is 0.236 e. The molecule has 0 saturated carbocycles. The third-order valence-electron chi connectivity index (χ3n) is 4.92. The Morgan fingerprint density at radius 3 is 2.64 bits per heavy atom. The topological polar surface area (TPSA) is 72.2 Å². The lowest BCUT2D eigenvalue weighted by Gasteiger charge is -2.11. The fourth-order valence-corrected chi connectivity index (χ4v) is 4.73. The number of aryl methyl sites for hydroxylation is 5. The predicted molar refractivity (Wildman–Crippen MR) is 116 cm³/mol. The van der Waals surface area contributed by atoms with Crippen LogP contribution in [0.1, 0.15) is 27.3 Å². The summed E-state index contributed by atoms with van der Waals surface area (Å²) < 4.78 is 2.07. The van der Waals surface area contributed by atoms with Gasteiger partial charge in [0.25, 0.3) is 0 Å². The number of benzene rings is 1. The molecule has 0 spiro atoms. The molecule has 0 unspecified atom stereocenters. The molecular weight excluding hydrogens is 390 g/mol. The molecule has 1 aromatic carbocycles. The Morgan fingerprint density at radius 2 is 1.93 bits per heavy atom. The summed E-state index contributed by atoms with van der Waals surface area (Å²) in [6.07, 6.45) is 0. The van der Waals surface area contributed by atoms with Gasteiger partial charge in [0.15, 0.2) is 15.9 Å². The molecule has 0 aliphatic rings. The number of hydrogen-bond acceptors (Lipinski definition) is 6. The van der Waals surface area contributed by atoms with Gasteiger partial charge in [0.05, 0.1) is 17.0 Å². The van der Waals surface area contributed by atoms with E-state index in [9.17, 15) is 4.79 Å². The Morgan fingerprint density at radius 1 is 1.14 bits per heavy atom. The number of nitrogens with zero attached hydrogens (tertiary/aromatic N) is 4. The molecule has 144 valence electrons. The first-order valence-corrected chi connectivity index (χ1v) is 10.8. The van der Waals surface area contributed by atoms with E-state index in [1.807, 2.05) is 20.8 Å². The number of nitrogens with one attached hydrogen (secondary N) is 1. The maximum absolute atomic E-state index is 12.4. The van der Waals surface area contributed by atoms with Crippen molar-refractivity contribution >= 4 is 50.7 Å². The van der Waals surface area contributed by atoms with E-state index in [1.165, 1.54) is 34.2 Å². The van der Waals surface area contributed by atoms with Gasteiger partial charge >= 0.3 is 0 Å². The first-order chi connectivity index (χ1) is 13.3. The lowest BCUT2D eigenvalue weighted by Crippen LogP contribution is -2.14. The van der Waals surface area contributed by atoms with Crippen LogP contribution >= 0.6 is 23.1 Å². The minimum absolute atomic E-state index is 0.0969. The number of rotatable bonds is 4. The highest BCUT2D eigenvalue weighted by molar-refractivity contribution is 7.99. The molecule has 28 heavy (non-hydrogen) atoms. The van der Waals surface area contributed by atoms with E-state index >= 15 is 0 Å². The van der Waals surface area contributed by atoms with Crippen molar-refractivity contribution in [2.45, 2.75) is 39.8 Å². The van der Waals surface area contributed by atoms with Crippen LogP contribution in [0.5, 0.6) is 0 Å². The lowest BCUT2D eigenvalue weighted by molar-refractivity contribution is -0.113. The van der Waals surface area contributed by atoms with Crippen molar-refractivity contribution in [1.82, 2.24) is 19.6 Å². The van der Waals surface area contributed by atoms with Crippen molar-refractivity contribution < 1.29 is 4.79 Å². The van der Waals surface area contributed by atoms with E-state index in [2.05, 4.69) is 56.9 Å². The predicted octanol–water partition coefficient (Wildman–Crippen LogP) is 4.61. The number of fused-ring (bicyclic) bond motifs is 3. The number of anilines is 1. The minimum atomic E-state index is -0.0969. The average molecular weight is 412 g/mol. The highest BCUT2D eigenvalue weighted by Gasteiger charge is 2.16. The number of carbonyl (C=O) groups excluding carboxylic acids is 1. The maximum atomic E-state index is 12.4. The summed E-state index contributed by atoms with van der Waals surface area (Å²) in [5, 5.41) is 14.1. The standard InChI is InChI=1S/C20H21N5OS2/c1-10-6-7-15-8-11(2)18-23-24-20(25(18)17(15)12(10)3)27-9-16(26)22-19-21-13(4)14(5)28-19/h6-8H,9H2,1-5H3,(H,21,22,26). The first kappa shape index (κ1) is 18.9. The van der Waals surface area contributed by atoms with Gasteiger partial charge in [-0.2, -0.15) is 0 Å². The van der Waals surface area contributed by atoms with E-state index in [0.717, 1.165) is 37.8 Å². The second-order valence-corrected chi connectivity index (χ2v) is 9.06. The molecule has 1 N–H and O–H groups in total. The van der Waals surface area contributed by atoms with E-state index in [-0.39, 0.29) is 11.7 Å². The molecular formula is C20H21N5OS2. The first-order valence-electron chi connectivity index (χ1n) is 8.96. The summed E-state index contributed by atoms with van der Waals surface area (Å²) in [5.41, 5.74) is 6.35. The monoisotopic (exact) mass is 411 g/mol. The number of thioether (sulfide) groups is 1. The van der Waals surface area contributed by atoms with Crippen LogP contribution in [0.25, 0.3) is 16.6 Å². The number of carbonyl (C=O) groups is 1. The van der Waals surface area contributed by atoms with Crippen molar-refractivity contribution in [3.63, 3.8) is 0 Å². The number of pyridine rings is 1. The van der Waals surface area contributed by atoms with Gasteiger partial charge in [0.2, 0.25) is 5.91 Å². The van der Waals surface area contributed by atoms with Crippen molar-refractivity contribution in [3.8, 4) is 0 Å². The van der Waals surface area contributed by atoms with E-state index in [1.54, 1.807) is 0 Å². The molecule has 0 saturated heterocycles. The van der Waals surface area contributed by atoms with Crippen molar-refractivity contribution in [3.05, 3.63) is 45.5 Å². The molecule has 3 aromatic heterocycles. The zero-order chi connectivity index (χ0) is 20.0. The summed E-state index contributed by atoms with van der Waals surface area (Å²) in [5.74, 6) is 0.152. The van der Waals surface area contributed by atoms with Gasteiger partial charge in [-0.1, -0.05) is 23.9 Å².